The average Bonchev–Trinajstić information content (AvgIpc) is 2.50. The first kappa shape index (κ1) is 13.8. The lowest BCUT2D eigenvalue weighted by atomic mass is 10.0. The molecule has 0 saturated heterocycles. The Labute approximate surface area is 126 Å². The maximum atomic E-state index is 5.95. The summed E-state index contributed by atoms with van der Waals surface area (Å²) >= 11 is 0. The van der Waals surface area contributed by atoms with E-state index < -0.39 is 0 Å². The number of nitrogen functional groups attached to an aromatic ring is 1. The smallest absolute Gasteiger partial charge is 0.124 e. The van der Waals surface area contributed by atoms with Gasteiger partial charge in [-0.25, -0.2) is 0 Å². The predicted molar refractivity (Wildman–Crippen MR) is 87.8 cm³/mol. The van der Waals surface area contributed by atoms with Gasteiger partial charge in [-0.1, -0.05) is 18.2 Å². The first-order valence-electron chi connectivity index (χ1n) is 7.62. The summed E-state index contributed by atoms with van der Waals surface area (Å²) in [6.45, 7) is 4.61. The van der Waals surface area contributed by atoms with Gasteiger partial charge in [0.15, 0.2) is 0 Å². The normalized spacial score (nSPS) is 13.9. The largest absolute Gasteiger partial charge is 0.494 e. The monoisotopic (exact) mass is 282 g/mol. The lowest BCUT2D eigenvalue weighted by molar-refractivity contribution is 0.336. The van der Waals surface area contributed by atoms with Crippen LogP contribution in [0.4, 0.5) is 11.4 Å². The Morgan fingerprint density at radius 3 is 2.90 bits per heavy atom. The predicted octanol–water partition coefficient (Wildman–Crippen LogP) is 3.62. The molecule has 0 aliphatic carbocycles. The van der Waals surface area contributed by atoms with Gasteiger partial charge in [0.05, 0.1) is 6.61 Å². The van der Waals surface area contributed by atoms with Gasteiger partial charge in [0.1, 0.15) is 5.75 Å². The van der Waals surface area contributed by atoms with Gasteiger partial charge in [-0.15, -0.1) is 0 Å². The van der Waals surface area contributed by atoms with Crippen molar-refractivity contribution in [2.75, 3.05) is 23.8 Å². The van der Waals surface area contributed by atoms with Gasteiger partial charge in [0, 0.05) is 30.0 Å². The standard InChI is InChI=1S/C18H22N2O/c1-2-21-18-10-9-16(19)12-15(18)13-20-11-5-7-14-6-3-4-8-17(14)20/h3-4,6,8-10,12H,2,5,7,11,13,19H2,1H3. The van der Waals surface area contributed by atoms with Gasteiger partial charge in [-0.3, -0.25) is 0 Å². The molecule has 3 rings (SSSR count). The summed E-state index contributed by atoms with van der Waals surface area (Å²) in [7, 11) is 0. The van der Waals surface area contributed by atoms with Crippen molar-refractivity contribution in [3.8, 4) is 5.75 Å². The molecule has 0 bridgehead atoms. The highest BCUT2D eigenvalue weighted by Crippen LogP contribution is 2.30. The zero-order chi connectivity index (χ0) is 14.7. The van der Waals surface area contributed by atoms with Crippen molar-refractivity contribution in [2.45, 2.75) is 26.3 Å². The van der Waals surface area contributed by atoms with E-state index in [2.05, 4.69) is 29.2 Å². The minimum absolute atomic E-state index is 0.674. The van der Waals surface area contributed by atoms with Crippen LogP contribution in [0.2, 0.25) is 0 Å². The molecular weight excluding hydrogens is 260 g/mol. The van der Waals surface area contributed by atoms with Crippen molar-refractivity contribution >= 4 is 11.4 Å². The summed E-state index contributed by atoms with van der Waals surface area (Å²) in [6, 6.07) is 14.6. The van der Waals surface area contributed by atoms with Gasteiger partial charge >= 0.3 is 0 Å². The van der Waals surface area contributed by atoms with Crippen molar-refractivity contribution in [1.82, 2.24) is 0 Å². The number of anilines is 2. The average molecular weight is 282 g/mol. The third-order valence-corrected chi connectivity index (χ3v) is 3.95. The number of benzene rings is 2. The summed E-state index contributed by atoms with van der Waals surface area (Å²) in [6.07, 6.45) is 2.37. The highest BCUT2D eigenvalue weighted by Gasteiger charge is 2.17. The summed E-state index contributed by atoms with van der Waals surface area (Å²) in [5, 5.41) is 0. The van der Waals surface area contributed by atoms with E-state index in [4.69, 9.17) is 10.5 Å². The van der Waals surface area contributed by atoms with E-state index in [1.165, 1.54) is 24.1 Å². The molecule has 0 atom stereocenters. The number of para-hydroxylation sites is 1. The van der Waals surface area contributed by atoms with Gasteiger partial charge in [0.2, 0.25) is 0 Å². The molecule has 2 aromatic rings. The maximum absolute atomic E-state index is 5.95. The Kier molecular flexibility index (Phi) is 4.00. The van der Waals surface area contributed by atoms with E-state index in [0.29, 0.717) is 6.61 Å². The first-order valence-corrected chi connectivity index (χ1v) is 7.62. The second-order valence-electron chi connectivity index (χ2n) is 5.45. The minimum Gasteiger partial charge on any atom is -0.494 e. The van der Waals surface area contributed by atoms with Crippen molar-refractivity contribution in [1.29, 1.82) is 0 Å². The Hall–Kier alpha value is -2.16. The Morgan fingerprint density at radius 1 is 1.19 bits per heavy atom. The molecular formula is C18H22N2O. The molecule has 0 amide bonds. The Morgan fingerprint density at radius 2 is 2.05 bits per heavy atom. The molecule has 1 heterocycles. The van der Waals surface area contributed by atoms with Gasteiger partial charge in [-0.05, 0) is 49.6 Å². The third kappa shape index (κ3) is 2.97. The molecule has 1 aliphatic rings. The molecule has 2 aromatic carbocycles. The topological polar surface area (TPSA) is 38.5 Å². The van der Waals surface area contributed by atoms with Crippen LogP contribution in [0.1, 0.15) is 24.5 Å². The SMILES string of the molecule is CCOc1ccc(N)cc1CN1CCCc2ccccc21. The van der Waals surface area contributed by atoms with Crippen LogP contribution >= 0.6 is 0 Å². The zero-order valence-electron chi connectivity index (χ0n) is 12.5. The molecule has 0 aromatic heterocycles. The number of nitrogens with two attached hydrogens (primary N) is 1. The lowest BCUT2D eigenvalue weighted by Crippen LogP contribution is -2.29. The van der Waals surface area contributed by atoms with E-state index in [-0.39, 0.29) is 0 Å². The Bertz CT molecular complexity index is 624. The van der Waals surface area contributed by atoms with Crippen molar-refractivity contribution in [2.24, 2.45) is 0 Å². The second kappa shape index (κ2) is 6.08. The molecule has 0 radical (unpaired) electrons. The fraction of sp³-hybridized carbons (Fsp3) is 0.333. The fourth-order valence-electron chi connectivity index (χ4n) is 3.00. The van der Waals surface area contributed by atoms with Crippen LogP contribution in [0.3, 0.4) is 0 Å². The van der Waals surface area contributed by atoms with Crippen LogP contribution in [0.5, 0.6) is 5.75 Å². The molecule has 21 heavy (non-hydrogen) atoms. The maximum Gasteiger partial charge on any atom is 0.124 e. The zero-order valence-corrected chi connectivity index (χ0v) is 12.5. The lowest BCUT2D eigenvalue weighted by Gasteiger charge is -2.31. The van der Waals surface area contributed by atoms with Crippen molar-refractivity contribution in [3.05, 3.63) is 53.6 Å². The molecule has 0 unspecified atom stereocenters. The molecule has 1 aliphatic heterocycles. The van der Waals surface area contributed by atoms with Crippen LogP contribution in [-0.4, -0.2) is 13.2 Å². The molecule has 3 nitrogen and oxygen atoms in total. The van der Waals surface area contributed by atoms with E-state index in [9.17, 15) is 0 Å². The number of hydrogen-bond acceptors (Lipinski definition) is 3. The van der Waals surface area contributed by atoms with Crippen molar-refractivity contribution < 1.29 is 4.74 Å². The molecule has 0 spiro atoms. The number of nitrogens with zero attached hydrogens (tertiary/aromatic N) is 1. The first-order chi connectivity index (χ1) is 10.3. The van der Waals surface area contributed by atoms with E-state index >= 15 is 0 Å². The van der Waals surface area contributed by atoms with Crippen LogP contribution in [0.15, 0.2) is 42.5 Å². The summed E-state index contributed by atoms with van der Waals surface area (Å²) < 4.78 is 5.74. The third-order valence-electron chi connectivity index (χ3n) is 3.95. The number of rotatable bonds is 4. The Balaban J connectivity index is 1.89. The quantitative estimate of drug-likeness (QED) is 0.870. The minimum atomic E-state index is 0.674. The number of hydrogen-bond donors (Lipinski definition) is 1. The molecule has 0 fully saturated rings. The van der Waals surface area contributed by atoms with Crippen LogP contribution in [0.25, 0.3) is 0 Å². The highest BCUT2D eigenvalue weighted by atomic mass is 16.5. The summed E-state index contributed by atoms with van der Waals surface area (Å²) in [5.74, 6) is 0.940. The molecule has 3 heteroatoms. The second-order valence-corrected chi connectivity index (χ2v) is 5.45. The van der Waals surface area contributed by atoms with E-state index in [1.54, 1.807) is 0 Å². The van der Waals surface area contributed by atoms with Gasteiger partial charge in [-0.2, -0.15) is 0 Å². The number of fused-ring (bicyclic) bond motifs is 1. The molecule has 110 valence electrons. The van der Waals surface area contributed by atoms with Crippen LogP contribution < -0.4 is 15.4 Å². The van der Waals surface area contributed by atoms with Gasteiger partial charge in [0.25, 0.3) is 0 Å². The summed E-state index contributed by atoms with van der Waals surface area (Å²) in [5.41, 5.74) is 10.7. The van der Waals surface area contributed by atoms with E-state index in [0.717, 1.165) is 30.1 Å². The van der Waals surface area contributed by atoms with Crippen molar-refractivity contribution in [3.63, 3.8) is 0 Å². The molecule has 2 N–H and O–H groups in total. The highest BCUT2D eigenvalue weighted by molar-refractivity contribution is 5.57. The number of aryl methyl sites for hydroxylation is 1. The van der Waals surface area contributed by atoms with Crippen LogP contribution in [-0.2, 0) is 13.0 Å². The summed E-state index contributed by atoms with van der Waals surface area (Å²) in [4.78, 5) is 2.43. The number of ether oxygens (including phenoxy) is 1. The molecule has 0 saturated carbocycles. The fourth-order valence-corrected chi connectivity index (χ4v) is 3.00. The van der Waals surface area contributed by atoms with E-state index in [1.807, 2.05) is 25.1 Å². The van der Waals surface area contributed by atoms with Gasteiger partial charge < -0.3 is 15.4 Å². The van der Waals surface area contributed by atoms with Crippen LogP contribution in [0, 0.1) is 0 Å².